The van der Waals surface area contributed by atoms with Gasteiger partial charge in [-0.25, -0.2) is 0 Å². The van der Waals surface area contributed by atoms with Crippen molar-refractivity contribution >= 4 is 23.6 Å². The van der Waals surface area contributed by atoms with Gasteiger partial charge in [0, 0.05) is 7.05 Å². The van der Waals surface area contributed by atoms with Gasteiger partial charge in [-0.2, -0.15) is 0 Å². The predicted molar refractivity (Wildman–Crippen MR) is 76.6 cm³/mol. The van der Waals surface area contributed by atoms with Crippen molar-refractivity contribution in [3.05, 3.63) is 41.2 Å². The molecule has 108 valence electrons. The van der Waals surface area contributed by atoms with Crippen LogP contribution in [0.3, 0.4) is 0 Å². The van der Waals surface area contributed by atoms with Crippen molar-refractivity contribution < 1.29 is 9.59 Å². The molecule has 0 aliphatic carbocycles. The van der Waals surface area contributed by atoms with Gasteiger partial charge in [0.1, 0.15) is 5.82 Å². The molecule has 0 saturated heterocycles. The van der Waals surface area contributed by atoms with E-state index in [9.17, 15) is 9.59 Å². The standard InChI is InChI=1S/C13H13N5O2S/c1-17-10(6-14)15-16-13(17)21-7-18-11(19)8-4-2-3-5-9(8)12(18)20/h2-5H,6-7,14H2,1H3. The Labute approximate surface area is 125 Å². The number of hydrogen-bond acceptors (Lipinski definition) is 6. The van der Waals surface area contributed by atoms with Crippen molar-refractivity contribution in [1.29, 1.82) is 0 Å². The van der Waals surface area contributed by atoms with E-state index in [1.165, 1.54) is 16.7 Å². The fourth-order valence-corrected chi connectivity index (χ4v) is 3.00. The zero-order valence-electron chi connectivity index (χ0n) is 11.3. The number of hydrogen-bond donors (Lipinski definition) is 1. The van der Waals surface area contributed by atoms with E-state index in [0.717, 1.165) is 0 Å². The molecule has 1 aliphatic heterocycles. The van der Waals surface area contributed by atoms with Crippen LogP contribution in [-0.2, 0) is 13.6 Å². The van der Waals surface area contributed by atoms with Crippen LogP contribution in [-0.4, -0.2) is 37.4 Å². The summed E-state index contributed by atoms with van der Waals surface area (Å²) in [5.41, 5.74) is 6.43. The van der Waals surface area contributed by atoms with Crippen LogP contribution in [0.1, 0.15) is 26.5 Å². The SMILES string of the molecule is Cn1c(CN)nnc1SCN1C(=O)c2ccccc2C1=O. The first-order chi connectivity index (χ1) is 10.1. The average molecular weight is 303 g/mol. The van der Waals surface area contributed by atoms with Crippen LogP contribution in [0.5, 0.6) is 0 Å². The van der Waals surface area contributed by atoms with Gasteiger partial charge in [0.15, 0.2) is 5.16 Å². The number of rotatable bonds is 4. The highest BCUT2D eigenvalue weighted by molar-refractivity contribution is 7.99. The molecule has 0 fully saturated rings. The summed E-state index contributed by atoms with van der Waals surface area (Å²) in [4.78, 5) is 25.6. The lowest BCUT2D eigenvalue weighted by Crippen LogP contribution is -2.29. The van der Waals surface area contributed by atoms with Crippen LogP contribution >= 0.6 is 11.8 Å². The van der Waals surface area contributed by atoms with E-state index in [2.05, 4.69) is 10.2 Å². The molecule has 8 heteroatoms. The van der Waals surface area contributed by atoms with Crippen LogP contribution in [0.15, 0.2) is 29.4 Å². The second kappa shape index (κ2) is 5.30. The molecule has 2 aromatic rings. The fraction of sp³-hybridized carbons (Fsp3) is 0.231. The molecular formula is C13H13N5O2S. The van der Waals surface area contributed by atoms with E-state index in [-0.39, 0.29) is 24.2 Å². The van der Waals surface area contributed by atoms with Crippen molar-refractivity contribution in [1.82, 2.24) is 19.7 Å². The van der Waals surface area contributed by atoms with Crippen LogP contribution in [0.25, 0.3) is 0 Å². The number of thioether (sulfide) groups is 1. The van der Waals surface area contributed by atoms with Gasteiger partial charge in [0.25, 0.3) is 11.8 Å². The smallest absolute Gasteiger partial charge is 0.262 e. The number of imide groups is 1. The second-order valence-corrected chi connectivity index (χ2v) is 5.43. The lowest BCUT2D eigenvalue weighted by Gasteiger charge is -2.12. The lowest BCUT2D eigenvalue weighted by atomic mass is 10.1. The summed E-state index contributed by atoms with van der Waals surface area (Å²) < 4.78 is 1.75. The third kappa shape index (κ3) is 2.22. The molecule has 21 heavy (non-hydrogen) atoms. The Morgan fingerprint density at radius 1 is 1.14 bits per heavy atom. The van der Waals surface area contributed by atoms with E-state index in [1.54, 1.807) is 35.9 Å². The fourth-order valence-electron chi connectivity index (χ4n) is 2.13. The molecule has 7 nitrogen and oxygen atoms in total. The first-order valence-corrected chi connectivity index (χ1v) is 7.28. The van der Waals surface area contributed by atoms with Gasteiger partial charge < -0.3 is 10.3 Å². The number of fused-ring (bicyclic) bond motifs is 1. The second-order valence-electron chi connectivity index (χ2n) is 4.52. The van der Waals surface area contributed by atoms with Crippen molar-refractivity contribution in [3.63, 3.8) is 0 Å². The highest BCUT2D eigenvalue weighted by atomic mass is 32.2. The number of benzene rings is 1. The van der Waals surface area contributed by atoms with E-state index in [0.29, 0.717) is 22.1 Å². The van der Waals surface area contributed by atoms with E-state index in [4.69, 9.17) is 5.73 Å². The Kier molecular flexibility index (Phi) is 3.48. The zero-order chi connectivity index (χ0) is 15.0. The summed E-state index contributed by atoms with van der Waals surface area (Å²) in [5.74, 6) is 0.302. The maximum absolute atomic E-state index is 12.2. The number of amides is 2. The van der Waals surface area contributed by atoms with Crippen molar-refractivity contribution in [2.24, 2.45) is 12.8 Å². The van der Waals surface area contributed by atoms with Crippen molar-refractivity contribution in [2.75, 3.05) is 5.88 Å². The van der Waals surface area contributed by atoms with Gasteiger partial charge in [0.2, 0.25) is 0 Å². The molecule has 0 atom stereocenters. The van der Waals surface area contributed by atoms with Crippen molar-refractivity contribution in [2.45, 2.75) is 11.7 Å². The highest BCUT2D eigenvalue weighted by Gasteiger charge is 2.35. The van der Waals surface area contributed by atoms with Crippen LogP contribution in [0.4, 0.5) is 0 Å². The van der Waals surface area contributed by atoms with E-state index in [1.807, 2.05) is 0 Å². The number of carbonyl (C=O) groups excluding carboxylic acids is 2. The number of carbonyl (C=O) groups is 2. The summed E-state index contributed by atoms with van der Waals surface area (Å²) in [6.07, 6.45) is 0. The van der Waals surface area contributed by atoms with Gasteiger partial charge in [0.05, 0.1) is 23.5 Å². The lowest BCUT2D eigenvalue weighted by molar-refractivity contribution is 0.0684. The van der Waals surface area contributed by atoms with Crippen LogP contribution in [0, 0.1) is 0 Å². The quantitative estimate of drug-likeness (QED) is 0.657. The molecule has 0 unspecified atom stereocenters. The van der Waals surface area contributed by atoms with Crippen molar-refractivity contribution in [3.8, 4) is 0 Å². The monoisotopic (exact) mass is 303 g/mol. The van der Waals surface area contributed by atoms with E-state index >= 15 is 0 Å². The van der Waals surface area contributed by atoms with Gasteiger partial charge in [-0.3, -0.25) is 14.5 Å². The highest BCUT2D eigenvalue weighted by Crippen LogP contribution is 2.26. The van der Waals surface area contributed by atoms with Gasteiger partial charge in [-0.1, -0.05) is 23.9 Å². The first kappa shape index (κ1) is 13.8. The zero-order valence-corrected chi connectivity index (χ0v) is 12.1. The molecule has 3 rings (SSSR count). The minimum absolute atomic E-state index is 0.197. The molecule has 1 aliphatic rings. The Morgan fingerprint density at radius 3 is 2.29 bits per heavy atom. The normalized spacial score (nSPS) is 13.9. The minimum Gasteiger partial charge on any atom is -0.324 e. The summed E-state index contributed by atoms with van der Waals surface area (Å²) >= 11 is 1.28. The Balaban J connectivity index is 1.76. The molecule has 1 aromatic carbocycles. The molecular weight excluding hydrogens is 290 g/mol. The van der Waals surface area contributed by atoms with Gasteiger partial charge in [-0.15, -0.1) is 10.2 Å². The number of nitrogens with two attached hydrogens (primary N) is 1. The molecule has 0 spiro atoms. The summed E-state index contributed by atoms with van der Waals surface area (Å²) in [6.45, 7) is 0.289. The molecule has 2 N–H and O–H groups in total. The van der Waals surface area contributed by atoms with Gasteiger partial charge >= 0.3 is 0 Å². The summed E-state index contributed by atoms with van der Waals surface area (Å²) in [7, 11) is 1.80. The van der Waals surface area contributed by atoms with Gasteiger partial charge in [-0.05, 0) is 12.1 Å². The van der Waals surface area contributed by atoms with E-state index < -0.39 is 0 Å². The predicted octanol–water partition coefficient (Wildman–Crippen LogP) is 0.620. The maximum atomic E-state index is 12.2. The Morgan fingerprint density at radius 2 is 1.76 bits per heavy atom. The van der Waals surface area contributed by atoms with Crippen LogP contribution < -0.4 is 5.73 Å². The van der Waals surface area contributed by atoms with Crippen LogP contribution in [0.2, 0.25) is 0 Å². The maximum Gasteiger partial charge on any atom is 0.262 e. The molecule has 0 bridgehead atoms. The summed E-state index contributed by atoms with van der Waals surface area (Å²) in [5, 5.41) is 8.55. The number of nitrogens with zero attached hydrogens (tertiary/aromatic N) is 4. The summed E-state index contributed by atoms with van der Waals surface area (Å²) in [6, 6.07) is 6.82. The molecule has 0 saturated carbocycles. The largest absolute Gasteiger partial charge is 0.324 e. The number of aromatic nitrogens is 3. The Bertz CT molecular complexity index is 692. The minimum atomic E-state index is -0.274. The molecule has 2 heterocycles. The average Bonchev–Trinajstić information content (AvgIpc) is 2.97. The third-order valence-corrected chi connectivity index (χ3v) is 4.31. The first-order valence-electron chi connectivity index (χ1n) is 6.30. The molecule has 1 aromatic heterocycles. The molecule has 0 radical (unpaired) electrons. The topological polar surface area (TPSA) is 94.1 Å². The Hall–Kier alpha value is -2.19. The third-order valence-electron chi connectivity index (χ3n) is 3.31. The molecule has 2 amide bonds.